The number of hydrogen-bond acceptors (Lipinski definition) is 4. The molecule has 2 aromatic rings. The van der Waals surface area contributed by atoms with E-state index >= 15 is 0 Å². The van der Waals surface area contributed by atoms with Gasteiger partial charge in [0.25, 0.3) is 0 Å². The molecule has 0 amide bonds. The molecule has 0 fully saturated rings. The van der Waals surface area contributed by atoms with Gasteiger partial charge in [-0.3, -0.25) is 4.99 Å². The second kappa shape index (κ2) is 13.6. The second-order valence-corrected chi connectivity index (χ2v) is 6.84. The third-order valence-corrected chi connectivity index (χ3v) is 4.40. The summed E-state index contributed by atoms with van der Waals surface area (Å²) < 4.78 is 40.8. The topological polar surface area (TPSA) is 64.1 Å². The molecule has 170 valence electrons. The summed E-state index contributed by atoms with van der Waals surface area (Å²) in [4.78, 5) is 4.20. The van der Waals surface area contributed by atoms with Gasteiger partial charge in [-0.05, 0) is 31.0 Å². The van der Waals surface area contributed by atoms with Crippen molar-refractivity contribution in [1.29, 1.82) is 0 Å². The summed E-state index contributed by atoms with van der Waals surface area (Å²) in [6.07, 6.45) is 0. The van der Waals surface area contributed by atoms with E-state index in [1.807, 2.05) is 38.1 Å². The molecule has 0 bridgehead atoms. The van der Waals surface area contributed by atoms with E-state index in [-0.39, 0.29) is 5.75 Å². The van der Waals surface area contributed by atoms with Crippen molar-refractivity contribution in [2.75, 3.05) is 26.9 Å². The highest BCUT2D eigenvalue weighted by molar-refractivity contribution is 5.79. The van der Waals surface area contributed by atoms with E-state index in [1.54, 1.807) is 19.2 Å². The lowest BCUT2D eigenvalue weighted by Gasteiger charge is -2.15. The van der Waals surface area contributed by atoms with Crippen LogP contribution in [0.3, 0.4) is 0 Å². The summed E-state index contributed by atoms with van der Waals surface area (Å²) in [5.74, 6) is 0.712. The van der Waals surface area contributed by atoms with Gasteiger partial charge in [0.2, 0.25) is 0 Å². The molecule has 6 nitrogen and oxygen atoms in total. The van der Waals surface area contributed by atoms with Crippen LogP contribution >= 0.6 is 0 Å². The van der Waals surface area contributed by atoms with Crippen molar-refractivity contribution in [2.24, 2.45) is 4.99 Å². The molecule has 0 saturated carbocycles. The van der Waals surface area contributed by atoms with Crippen LogP contribution in [0.2, 0.25) is 0 Å². The van der Waals surface area contributed by atoms with Crippen molar-refractivity contribution in [1.82, 2.24) is 10.6 Å². The first-order valence-corrected chi connectivity index (χ1v) is 10.2. The number of alkyl halides is 2. The van der Waals surface area contributed by atoms with Crippen LogP contribution in [0, 0.1) is 6.92 Å². The molecule has 2 aromatic carbocycles. The Morgan fingerprint density at radius 1 is 1.00 bits per heavy atom. The van der Waals surface area contributed by atoms with Gasteiger partial charge in [-0.15, -0.1) is 0 Å². The number of nitrogens with zero attached hydrogens (tertiary/aromatic N) is 1. The molecule has 0 atom stereocenters. The molecule has 0 unspecified atom stereocenters. The molecule has 2 rings (SSSR count). The Labute approximate surface area is 182 Å². The Bertz CT molecular complexity index is 831. The van der Waals surface area contributed by atoms with Crippen molar-refractivity contribution >= 4 is 5.96 Å². The standard InChI is InChI=1S/C23H31F2N3O3/c1-4-29-10-11-30-16-19-7-5-6-18(13-19)14-27-23(26-3)28-15-20-12-17(2)8-9-21(20)31-22(24)25/h5-9,12-13,22H,4,10-11,14-16H2,1-3H3,(H2,26,27,28). The molecule has 0 aliphatic heterocycles. The Hall–Kier alpha value is -2.71. The zero-order chi connectivity index (χ0) is 22.5. The summed E-state index contributed by atoms with van der Waals surface area (Å²) in [7, 11) is 1.66. The molecule has 0 heterocycles. The number of aryl methyl sites for hydroxylation is 1. The lowest BCUT2D eigenvalue weighted by molar-refractivity contribution is -0.0504. The maximum Gasteiger partial charge on any atom is 0.387 e. The number of nitrogens with one attached hydrogen (secondary N) is 2. The van der Waals surface area contributed by atoms with Gasteiger partial charge in [0.1, 0.15) is 5.75 Å². The Morgan fingerprint density at radius 2 is 1.74 bits per heavy atom. The van der Waals surface area contributed by atoms with Crippen molar-refractivity contribution in [3.63, 3.8) is 0 Å². The fourth-order valence-corrected chi connectivity index (χ4v) is 2.92. The largest absolute Gasteiger partial charge is 0.434 e. The fourth-order valence-electron chi connectivity index (χ4n) is 2.92. The predicted octanol–water partition coefficient (Wildman–Crippen LogP) is 4.01. The fraction of sp³-hybridized carbons (Fsp3) is 0.435. The first-order valence-electron chi connectivity index (χ1n) is 10.2. The SMILES string of the molecule is CCOCCOCc1cccc(CNC(=NC)NCc2cc(C)ccc2OC(F)F)c1. The molecule has 0 aromatic heterocycles. The van der Waals surface area contributed by atoms with Gasteiger partial charge in [-0.1, -0.05) is 42.0 Å². The van der Waals surface area contributed by atoms with Crippen LogP contribution in [0.4, 0.5) is 8.78 Å². The zero-order valence-corrected chi connectivity index (χ0v) is 18.3. The zero-order valence-electron chi connectivity index (χ0n) is 18.3. The molecular weight excluding hydrogens is 404 g/mol. The van der Waals surface area contributed by atoms with Crippen LogP contribution in [0.5, 0.6) is 5.75 Å². The van der Waals surface area contributed by atoms with Gasteiger partial charge in [0.05, 0.1) is 19.8 Å². The number of benzene rings is 2. The van der Waals surface area contributed by atoms with Gasteiger partial charge in [-0.25, -0.2) is 0 Å². The van der Waals surface area contributed by atoms with E-state index in [9.17, 15) is 8.78 Å². The smallest absolute Gasteiger partial charge is 0.387 e. The maximum absolute atomic E-state index is 12.6. The van der Waals surface area contributed by atoms with Gasteiger partial charge in [-0.2, -0.15) is 8.78 Å². The molecule has 0 spiro atoms. The predicted molar refractivity (Wildman–Crippen MR) is 117 cm³/mol. The number of ether oxygens (including phenoxy) is 3. The van der Waals surface area contributed by atoms with Crippen LogP contribution in [0.15, 0.2) is 47.5 Å². The lowest BCUT2D eigenvalue weighted by atomic mass is 10.1. The van der Waals surface area contributed by atoms with E-state index in [0.717, 1.165) is 16.7 Å². The molecule has 0 radical (unpaired) electrons. The minimum Gasteiger partial charge on any atom is -0.434 e. The summed E-state index contributed by atoms with van der Waals surface area (Å²) >= 11 is 0. The third kappa shape index (κ3) is 9.31. The van der Waals surface area contributed by atoms with Crippen molar-refractivity contribution < 1.29 is 23.0 Å². The first kappa shape index (κ1) is 24.6. The Balaban J connectivity index is 1.86. The highest BCUT2D eigenvalue weighted by Crippen LogP contribution is 2.22. The van der Waals surface area contributed by atoms with Crippen molar-refractivity contribution in [3.8, 4) is 5.75 Å². The minimum absolute atomic E-state index is 0.153. The van der Waals surface area contributed by atoms with Crippen LogP contribution in [0.1, 0.15) is 29.2 Å². The average molecular weight is 436 g/mol. The number of aliphatic imine (C=N–C) groups is 1. The van der Waals surface area contributed by atoms with E-state index in [4.69, 9.17) is 9.47 Å². The summed E-state index contributed by atoms with van der Waals surface area (Å²) in [6.45, 7) is 4.20. The summed E-state index contributed by atoms with van der Waals surface area (Å²) in [5.41, 5.74) is 3.74. The van der Waals surface area contributed by atoms with E-state index in [1.165, 1.54) is 0 Å². The minimum atomic E-state index is -2.87. The van der Waals surface area contributed by atoms with Crippen LogP contribution < -0.4 is 15.4 Å². The maximum atomic E-state index is 12.6. The van der Waals surface area contributed by atoms with Gasteiger partial charge in [0, 0.05) is 32.3 Å². The van der Waals surface area contributed by atoms with Gasteiger partial charge < -0.3 is 24.8 Å². The number of halogens is 2. The third-order valence-electron chi connectivity index (χ3n) is 4.40. The van der Waals surface area contributed by atoms with E-state index < -0.39 is 6.61 Å². The molecule has 0 aliphatic carbocycles. The second-order valence-electron chi connectivity index (χ2n) is 6.84. The summed E-state index contributed by atoms with van der Waals surface area (Å²) in [5, 5.41) is 6.37. The monoisotopic (exact) mass is 435 g/mol. The quantitative estimate of drug-likeness (QED) is 0.300. The van der Waals surface area contributed by atoms with Crippen molar-refractivity contribution in [3.05, 3.63) is 64.7 Å². The van der Waals surface area contributed by atoms with Crippen LogP contribution in [0.25, 0.3) is 0 Å². The number of guanidine groups is 1. The molecule has 0 aliphatic rings. The Kier molecular flexibility index (Phi) is 10.7. The molecular formula is C23H31F2N3O3. The molecule has 31 heavy (non-hydrogen) atoms. The number of hydrogen-bond donors (Lipinski definition) is 2. The van der Waals surface area contributed by atoms with E-state index in [0.29, 0.717) is 51.0 Å². The van der Waals surface area contributed by atoms with Gasteiger partial charge >= 0.3 is 6.61 Å². The Morgan fingerprint density at radius 3 is 2.48 bits per heavy atom. The first-order chi connectivity index (χ1) is 15.0. The highest BCUT2D eigenvalue weighted by atomic mass is 19.3. The normalized spacial score (nSPS) is 11.6. The number of rotatable bonds is 12. The average Bonchev–Trinajstić information content (AvgIpc) is 2.75. The van der Waals surface area contributed by atoms with Crippen LogP contribution in [-0.2, 0) is 29.2 Å². The molecule has 8 heteroatoms. The molecule has 0 saturated heterocycles. The lowest BCUT2D eigenvalue weighted by Crippen LogP contribution is -2.36. The van der Waals surface area contributed by atoms with Gasteiger partial charge in [0.15, 0.2) is 5.96 Å². The summed E-state index contributed by atoms with van der Waals surface area (Å²) in [6, 6.07) is 13.2. The van der Waals surface area contributed by atoms with Crippen molar-refractivity contribution in [2.45, 2.75) is 40.2 Å². The van der Waals surface area contributed by atoms with E-state index in [2.05, 4.69) is 26.4 Å². The highest BCUT2D eigenvalue weighted by Gasteiger charge is 2.10. The van der Waals surface area contributed by atoms with Crippen LogP contribution in [-0.4, -0.2) is 39.4 Å². The molecule has 2 N–H and O–H groups in total.